The van der Waals surface area contributed by atoms with Gasteiger partial charge in [0.2, 0.25) is 0 Å². The monoisotopic (exact) mass is 270 g/mol. The number of thiazole rings is 1. The highest BCUT2D eigenvalue weighted by molar-refractivity contribution is 7.22. The van der Waals surface area contributed by atoms with Crippen molar-refractivity contribution >= 4 is 38.3 Å². The average Bonchev–Trinajstić information content (AvgIpc) is 2.70. The number of benzene rings is 1. The first-order chi connectivity index (χ1) is 8.29. The van der Waals surface area contributed by atoms with Crippen molar-refractivity contribution in [2.75, 3.05) is 25.1 Å². The van der Waals surface area contributed by atoms with E-state index in [0.29, 0.717) is 0 Å². The average molecular weight is 271 g/mol. The lowest BCUT2D eigenvalue weighted by Crippen LogP contribution is -2.05. The van der Waals surface area contributed by atoms with Gasteiger partial charge in [-0.1, -0.05) is 22.9 Å². The second-order valence-electron chi connectivity index (χ2n) is 3.61. The van der Waals surface area contributed by atoms with Crippen LogP contribution in [-0.2, 0) is 4.74 Å². The largest absolute Gasteiger partial charge is 0.382 e. The molecule has 0 spiro atoms. The minimum atomic E-state index is 0.754. The molecule has 1 aromatic carbocycles. The van der Waals surface area contributed by atoms with Crippen LogP contribution in [0.4, 0.5) is 5.13 Å². The SMILES string of the molecule is CCOCCCNc1nc2ccc(Cl)cc2s1. The van der Waals surface area contributed by atoms with Crippen molar-refractivity contribution in [1.29, 1.82) is 0 Å². The maximum Gasteiger partial charge on any atom is 0.183 e. The summed E-state index contributed by atoms with van der Waals surface area (Å²) in [5.41, 5.74) is 0.992. The number of ether oxygens (including phenoxy) is 1. The summed E-state index contributed by atoms with van der Waals surface area (Å²) in [5.74, 6) is 0. The Labute approximate surface area is 110 Å². The van der Waals surface area contributed by atoms with Crippen LogP contribution in [-0.4, -0.2) is 24.7 Å². The number of anilines is 1. The zero-order valence-corrected chi connectivity index (χ0v) is 11.3. The van der Waals surface area contributed by atoms with E-state index in [1.807, 2.05) is 25.1 Å². The van der Waals surface area contributed by atoms with Gasteiger partial charge in [-0.3, -0.25) is 0 Å². The first-order valence-electron chi connectivity index (χ1n) is 5.67. The Kier molecular flexibility index (Phi) is 4.59. The fourth-order valence-electron chi connectivity index (χ4n) is 1.49. The molecule has 0 unspecified atom stereocenters. The quantitative estimate of drug-likeness (QED) is 0.811. The molecule has 0 bridgehead atoms. The van der Waals surface area contributed by atoms with E-state index in [2.05, 4.69) is 10.3 Å². The molecule has 0 atom stereocenters. The Hall–Kier alpha value is -0.840. The Morgan fingerprint density at radius 2 is 2.35 bits per heavy atom. The Morgan fingerprint density at radius 1 is 1.47 bits per heavy atom. The van der Waals surface area contributed by atoms with Crippen LogP contribution in [0.1, 0.15) is 13.3 Å². The van der Waals surface area contributed by atoms with Gasteiger partial charge in [-0.2, -0.15) is 0 Å². The summed E-state index contributed by atoms with van der Waals surface area (Å²) in [7, 11) is 0. The first kappa shape index (κ1) is 12.6. The van der Waals surface area contributed by atoms with Crippen molar-refractivity contribution in [3.05, 3.63) is 23.2 Å². The maximum atomic E-state index is 5.93. The molecule has 0 radical (unpaired) electrons. The third kappa shape index (κ3) is 3.56. The van der Waals surface area contributed by atoms with E-state index in [1.54, 1.807) is 11.3 Å². The second-order valence-corrected chi connectivity index (χ2v) is 5.08. The van der Waals surface area contributed by atoms with E-state index in [1.165, 1.54) is 0 Å². The van der Waals surface area contributed by atoms with E-state index in [4.69, 9.17) is 16.3 Å². The van der Waals surface area contributed by atoms with Crippen LogP contribution in [0.5, 0.6) is 0 Å². The van der Waals surface area contributed by atoms with Gasteiger partial charge in [0.25, 0.3) is 0 Å². The zero-order valence-electron chi connectivity index (χ0n) is 9.70. The third-order valence-corrected chi connectivity index (χ3v) is 3.51. The molecule has 92 valence electrons. The maximum absolute atomic E-state index is 5.93. The smallest absolute Gasteiger partial charge is 0.183 e. The van der Waals surface area contributed by atoms with Crippen LogP contribution < -0.4 is 5.32 Å². The van der Waals surface area contributed by atoms with E-state index in [-0.39, 0.29) is 0 Å². The van der Waals surface area contributed by atoms with E-state index in [0.717, 1.165) is 46.6 Å². The number of nitrogens with zero attached hydrogens (tertiary/aromatic N) is 1. The zero-order chi connectivity index (χ0) is 12.1. The van der Waals surface area contributed by atoms with Gasteiger partial charge in [0.1, 0.15) is 0 Å². The van der Waals surface area contributed by atoms with Crippen LogP contribution in [0.15, 0.2) is 18.2 Å². The van der Waals surface area contributed by atoms with Crippen LogP contribution in [0.3, 0.4) is 0 Å². The van der Waals surface area contributed by atoms with Crippen LogP contribution in [0.25, 0.3) is 10.2 Å². The molecule has 1 N–H and O–H groups in total. The van der Waals surface area contributed by atoms with Crippen molar-refractivity contribution in [2.24, 2.45) is 0 Å². The van der Waals surface area contributed by atoms with Crippen molar-refractivity contribution in [2.45, 2.75) is 13.3 Å². The molecule has 0 fully saturated rings. The lowest BCUT2D eigenvalue weighted by atomic mass is 10.3. The molecule has 0 aliphatic carbocycles. The number of aromatic nitrogens is 1. The normalized spacial score (nSPS) is 10.9. The Balaban J connectivity index is 1.91. The van der Waals surface area contributed by atoms with Crippen molar-refractivity contribution in [3.8, 4) is 0 Å². The molecule has 0 saturated heterocycles. The number of fused-ring (bicyclic) bond motifs is 1. The first-order valence-corrected chi connectivity index (χ1v) is 6.86. The molecule has 5 heteroatoms. The van der Waals surface area contributed by atoms with Gasteiger partial charge in [0.05, 0.1) is 10.2 Å². The summed E-state index contributed by atoms with van der Waals surface area (Å²) in [6.45, 7) is 4.46. The fraction of sp³-hybridized carbons (Fsp3) is 0.417. The molecule has 3 nitrogen and oxygen atoms in total. The molecular weight excluding hydrogens is 256 g/mol. The fourth-order valence-corrected chi connectivity index (χ4v) is 2.66. The summed E-state index contributed by atoms with van der Waals surface area (Å²) < 4.78 is 6.39. The standard InChI is InChI=1S/C12H15ClN2OS/c1-2-16-7-3-6-14-12-15-10-5-4-9(13)8-11(10)17-12/h4-5,8H,2-3,6-7H2,1H3,(H,14,15). The molecule has 17 heavy (non-hydrogen) atoms. The predicted molar refractivity (Wildman–Crippen MR) is 74.2 cm³/mol. The molecule has 0 aliphatic heterocycles. The van der Waals surface area contributed by atoms with Gasteiger partial charge in [-0.15, -0.1) is 0 Å². The predicted octanol–water partition coefficient (Wildman–Crippen LogP) is 3.79. The number of hydrogen-bond acceptors (Lipinski definition) is 4. The lowest BCUT2D eigenvalue weighted by Gasteiger charge is -2.01. The van der Waals surface area contributed by atoms with Gasteiger partial charge >= 0.3 is 0 Å². The number of hydrogen-bond donors (Lipinski definition) is 1. The Bertz CT molecular complexity index is 486. The van der Waals surface area contributed by atoms with Crippen molar-refractivity contribution < 1.29 is 4.74 Å². The molecule has 0 amide bonds. The molecule has 2 rings (SSSR count). The summed E-state index contributed by atoms with van der Waals surface area (Å²) >= 11 is 7.56. The van der Waals surface area contributed by atoms with Gasteiger partial charge in [-0.25, -0.2) is 4.98 Å². The summed E-state index contributed by atoms with van der Waals surface area (Å²) in [4.78, 5) is 4.48. The Morgan fingerprint density at radius 3 is 3.18 bits per heavy atom. The number of nitrogens with one attached hydrogen (secondary N) is 1. The summed E-state index contributed by atoms with van der Waals surface area (Å²) in [6, 6.07) is 5.75. The molecule has 1 aromatic heterocycles. The van der Waals surface area contributed by atoms with Crippen LogP contribution in [0, 0.1) is 0 Å². The summed E-state index contributed by atoms with van der Waals surface area (Å²) in [5, 5.41) is 4.99. The highest BCUT2D eigenvalue weighted by atomic mass is 35.5. The topological polar surface area (TPSA) is 34.1 Å². The molecule has 1 heterocycles. The van der Waals surface area contributed by atoms with E-state index in [9.17, 15) is 0 Å². The third-order valence-electron chi connectivity index (χ3n) is 2.30. The van der Waals surface area contributed by atoms with Crippen molar-refractivity contribution in [1.82, 2.24) is 4.98 Å². The van der Waals surface area contributed by atoms with Crippen LogP contribution >= 0.6 is 22.9 Å². The molecule has 0 saturated carbocycles. The lowest BCUT2D eigenvalue weighted by molar-refractivity contribution is 0.147. The van der Waals surface area contributed by atoms with Crippen LogP contribution in [0.2, 0.25) is 5.02 Å². The number of halogens is 1. The minimum Gasteiger partial charge on any atom is -0.382 e. The van der Waals surface area contributed by atoms with Gasteiger partial charge < -0.3 is 10.1 Å². The van der Waals surface area contributed by atoms with E-state index < -0.39 is 0 Å². The molecule has 2 aromatic rings. The molecule has 0 aliphatic rings. The van der Waals surface area contributed by atoms with Crippen molar-refractivity contribution in [3.63, 3.8) is 0 Å². The van der Waals surface area contributed by atoms with E-state index >= 15 is 0 Å². The second kappa shape index (κ2) is 6.19. The summed E-state index contributed by atoms with van der Waals surface area (Å²) in [6.07, 6.45) is 0.991. The highest BCUT2D eigenvalue weighted by Crippen LogP contribution is 2.28. The van der Waals surface area contributed by atoms with Gasteiger partial charge in [0.15, 0.2) is 5.13 Å². The van der Waals surface area contributed by atoms with Gasteiger partial charge in [-0.05, 0) is 31.5 Å². The van der Waals surface area contributed by atoms with Gasteiger partial charge in [0, 0.05) is 24.8 Å². The molecular formula is C12H15ClN2OS. The minimum absolute atomic E-state index is 0.754. The number of rotatable bonds is 6. The highest BCUT2D eigenvalue weighted by Gasteiger charge is 2.03.